The van der Waals surface area contributed by atoms with Gasteiger partial charge in [0.05, 0.1) is 25.4 Å². The molecule has 7 atom stereocenters. The van der Waals surface area contributed by atoms with Gasteiger partial charge in [-0.05, 0) is 52.0 Å². The Morgan fingerprint density at radius 1 is 0.750 bits per heavy atom. The van der Waals surface area contributed by atoms with Gasteiger partial charge in [0.1, 0.15) is 5.75 Å². The molecule has 4 aromatic rings. The number of ether oxygens (including phenoxy) is 3. The van der Waals surface area contributed by atoms with Gasteiger partial charge in [0, 0.05) is 28.0 Å². The predicted octanol–water partition coefficient (Wildman–Crippen LogP) is 9.53. The highest BCUT2D eigenvalue weighted by Crippen LogP contribution is 2.44. The van der Waals surface area contributed by atoms with E-state index < -0.39 is 14.6 Å². The van der Waals surface area contributed by atoms with Crippen molar-refractivity contribution in [2.45, 2.75) is 89.4 Å². The van der Waals surface area contributed by atoms with Crippen molar-refractivity contribution < 1.29 is 18.6 Å². The molecule has 0 spiro atoms. The normalized spacial score (nSPS) is 22.1. The van der Waals surface area contributed by atoms with Crippen molar-refractivity contribution in [1.82, 2.24) is 0 Å². The third kappa shape index (κ3) is 7.95. The first-order valence-electron chi connectivity index (χ1n) is 17.5. The molecule has 0 aromatic heterocycles. The van der Waals surface area contributed by atoms with Gasteiger partial charge in [-0.15, -0.1) is 11.8 Å². The number of hydrogen-bond donors (Lipinski definition) is 0. The zero-order chi connectivity index (χ0) is 34.3. The van der Waals surface area contributed by atoms with E-state index in [9.17, 15) is 0 Å². The van der Waals surface area contributed by atoms with Crippen LogP contribution in [0.5, 0.6) is 5.75 Å². The van der Waals surface area contributed by atoms with Gasteiger partial charge in [-0.25, -0.2) is 0 Å². The van der Waals surface area contributed by atoms with Crippen LogP contribution in [0, 0.1) is 17.8 Å². The van der Waals surface area contributed by atoms with Gasteiger partial charge in [0.25, 0.3) is 8.32 Å². The SMILES string of the molecule is CC[C@@H](O[Si](c1ccccc1)(c1ccccc1)C(C)(C)C)[C@H](C)[C@@H]1OC(c2ccc(OC)cc2)O[C@@H]([C@H](C)CSc2ccccc2)[C@@H]1C. The lowest BCUT2D eigenvalue weighted by molar-refractivity contribution is -0.292. The molecule has 256 valence electrons. The standard InChI is InChI=1S/C42H54O4SSi/c1-9-38(46-48(42(5,6)7,36-21-15-11-16-22-36)37-23-17-12-18-24-37)31(3)40-32(4)39(30(2)29-47-35-19-13-10-14-20-35)44-41(45-40)33-25-27-34(43-8)28-26-33/h10-28,30-32,38-41H,9,29H2,1-8H3/t30-,31+,32+,38-,39+,40+,41?/m1/s1. The van der Waals surface area contributed by atoms with E-state index in [1.165, 1.54) is 15.3 Å². The van der Waals surface area contributed by atoms with E-state index in [1.807, 2.05) is 23.9 Å². The van der Waals surface area contributed by atoms with E-state index in [0.717, 1.165) is 23.5 Å². The average molecular weight is 683 g/mol. The van der Waals surface area contributed by atoms with Crippen LogP contribution in [0.25, 0.3) is 0 Å². The van der Waals surface area contributed by atoms with Crippen molar-refractivity contribution in [3.8, 4) is 5.75 Å². The Balaban J connectivity index is 1.49. The van der Waals surface area contributed by atoms with E-state index in [4.69, 9.17) is 18.6 Å². The van der Waals surface area contributed by atoms with Crippen LogP contribution in [-0.4, -0.2) is 39.5 Å². The molecule has 6 heteroatoms. The Morgan fingerprint density at radius 3 is 1.77 bits per heavy atom. The minimum absolute atomic E-state index is 0.0138. The van der Waals surface area contributed by atoms with E-state index in [1.54, 1.807) is 7.11 Å². The Kier molecular flexibility index (Phi) is 12.3. The van der Waals surface area contributed by atoms with Gasteiger partial charge >= 0.3 is 0 Å². The first-order valence-corrected chi connectivity index (χ1v) is 20.4. The second kappa shape index (κ2) is 16.2. The summed E-state index contributed by atoms with van der Waals surface area (Å²) in [6, 6.07) is 40.7. The molecule has 0 saturated carbocycles. The van der Waals surface area contributed by atoms with Crippen LogP contribution < -0.4 is 15.1 Å². The molecule has 5 rings (SSSR count). The molecule has 4 aromatic carbocycles. The zero-order valence-corrected chi connectivity index (χ0v) is 31.8. The van der Waals surface area contributed by atoms with Crippen molar-refractivity contribution in [3.63, 3.8) is 0 Å². The summed E-state index contributed by atoms with van der Waals surface area (Å²) in [5.41, 5.74) is 1.01. The highest BCUT2D eigenvalue weighted by molar-refractivity contribution is 7.99. The van der Waals surface area contributed by atoms with Crippen LogP contribution >= 0.6 is 11.8 Å². The molecule has 1 fully saturated rings. The van der Waals surface area contributed by atoms with E-state index in [-0.39, 0.29) is 35.2 Å². The second-order valence-electron chi connectivity index (χ2n) is 14.4. The lowest BCUT2D eigenvalue weighted by Gasteiger charge is -2.50. The Labute approximate surface area is 294 Å². The molecule has 0 N–H and O–H groups in total. The fraction of sp³-hybridized carbons (Fsp3) is 0.429. The maximum Gasteiger partial charge on any atom is 0.261 e. The topological polar surface area (TPSA) is 36.9 Å². The largest absolute Gasteiger partial charge is 0.497 e. The minimum atomic E-state index is -2.77. The molecule has 1 aliphatic rings. The second-order valence-corrected chi connectivity index (χ2v) is 19.7. The van der Waals surface area contributed by atoms with Gasteiger partial charge in [-0.3, -0.25) is 0 Å². The minimum Gasteiger partial charge on any atom is -0.497 e. The summed E-state index contributed by atoms with van der Waals surface area (Å²) in [4.78, 5) is 1.28. The highest BCUT2D eigenvalue weighted by Gasteiger charge is 2.53. The molecule has 0 radical (unpaired) electrons. The molecule has 1 aliphatic heterocycles. The molecule has 0 bridgehead atoms. The lowest BCUT2D eigenvalue weighted by atomic mass is 9.81. The molecule has 48 heavy (non-hydrogen) atoms. The van der Waals surface area contributed by atoms with E-state index in [0.29, 0.717) is 5.92 Å². The Hall–Kier alpha value is -2.87. The maximum absolute atomic E-state index is 7.76. The summed E-state index contributed by atoms with van der Waals surface area (Å²) in [7, 11) is -1.07. The first-order chi connectivity index (χ1) is 23.1. The van der Waals surface area contributed by atoms with Crippen LogP contribution in [0.4, 0.5) is 0 Å². The zero-order valence-electron chi connectivity index (χ0n) is 30.0. The van der Waals surface area contributed by atoms with Crippen molar-refractivity contribution in [3.05, 3.63) is 121 Å². The Bertz CT molecular complexity index is 1490. The summed E-state index contributed by atoms with van der Waals surface area (Å²) in [6.07, 6.45) is 0.339. The number of methoxy groups -OCH3 is 1. The molecule has 1 saturated heterocycles. The van der Waals surface area contributed by atoms with Gasteiger partial charge in [0.2, 0.25) is 0 Å². The summed E-state index contributed by atoms with van der Waals surface area (Å²) in [6.45, 7) is 16.3. The molecule has 1 heterocycles. The number of benzene rings is 4. The molecular weight excluding hydrogens is 629 g/mol. The van der Waals surface area contributed by atoms with E-state index >= 15 is 0 Å². The van der Waals surface area contributed by atoms with Gasteiger partial charge in [-0.2, -0.15) is 0 Å². The van der Waals surface area contributed by atoms with Crippen LogP contribution in [0.15, 0.2) is 120 Å². The summed E-state index contributed by atoms with van der Waals surface area (Å²) in [5, 5.41) is 2.49. The van der Waals surface area contributed by atoms with Crippen molar-refractivity contribution in [2.75, 3.05) is 12.9 Å². The predicted molar refractivity (Wildman–Crippen MR) is 203 cm³/mol. The van der Waals surface area contributed by atoms with Crippen LogP contribution in [0.2, 0.25) is 5.04 Å². The average Bonchev–Trinajstić information content (AvgIpc) is 3.11. The number of rotatable bonds is 13. The molecule has 0 amide bonds. The highest BCUT2D eigenvalue weighted by atomic mass is 32.2. The molecule has 1 unspecified atom stereocenters. The third-order valence-corrected chi connectivity index (χ3v) is 16.4. The number of hydrogen-bond acceptors (Lipinski definition) is 5. The van der Waals surface area contributed by atoms with E-state index in [2.05, 4.69) is 152 Å². The number of thioether (sulfide) groups is 1. The third-order valence-electron chi connectivity index (χ3n) is 10.1. The van der Waals surface area contributed by atoms with Crippen LogP contribution in [0.3, 0.4) is 0 Å². The fourth-order valence-electron chi connectivity index (χ4n) is 7.46. The quantitative estimate of drug-likeness (QED) is 0.104. The summed E-state index contributed by atoms with van der Waals surface area (Å²) in [5.74, 6) is 2.38. The molecule has 0 aliphatic carbocycles. The summed E-state index contributed by atoms with van der Waals surface area (Å²) >= 11 is 1.90. The van der Waals surface area contributed by atoms with Crippen molar-refractivity contribution >= 4 is 30.5 Å². The maximum atomic E-state index is 7.76. The van der Waals surface area contributed by atoms with Crippen molar-refractivity contribution in [2.24, 2.45) is 17.8 Å². The Morgan fingerprint density at radius 2 is 1.27 bits per heavy atom. The van der Waals surface area contributed by atoms with Crippen LogP contribution in [0.1, 0.15) is 66.7 Å². The van der Waals surface area contributed by atoms with Crippen LogP contribution in [-0.2, 0) is 13.9 Å². The lowest BCUT2D eigenvalue weighted by Crippen LogP contribution is -2.68. The fourth-order valence-corrected chi connectivity index (χ4v) is 13.3. The summed E-state index contributed by atoms with van der Waals surface area (Å²) < 4.78 is 27.1. The van der Waals surface area contributed by atoms with Gasteiger partial charge in [-0.1, -0.05) is 139 Å². The van der Waals surface area contributed by atoms with Crippen molar-refractivity contribution in [1.29, 1.82) is 0 Å². The smallest absolute Gasteiger partial charge is 0.261 e. The first kappa shape index (κ1) is 36.4. The molecular formula is C42H54O4SSi. The van der Waals surface area contributed by atoms with Gasteiger partial charge in [0.15, 0.2) is 6.29 Å². The molecule has 4 nitrogen and oxygen atoms in total. The monoisotopic (exact) mass is 682 g/mol. The van der Waals surface area contributed by atoms with Gasteiger partial charge < -0.3 is 18.6 Å².